The van der Waals surface area contributed by atoms with Gasteiger partial charge >= 0.3 is 0 Å². The molecule has 0 radical (unpaired) electrons. The van der Waals surface area contributed by atoms with Crippen LogP contribution in [0.25, 0.3) is 0 Å². The molecule has 2 rings (SSSR count). The molecule has 0 aromatic heterocycles. The van der Waals surface area contributed by atoms with Gasteiger partial charge in [-0.3, -0.25) is 4.79 Å². The van der Waals surface area contributed by atoms with Crippen molar-refractivity contribution in [3.05, 3.63) is 48.0 Å². The number of carbonyl (C=O) groups is 1. The van der Waals surface area contributed by atoms with Crippen molar-refractivity contribution >= 4 is 5.91 Å². The van der Waals surface area contributed by atoms with Crippen LogP contribution in [0.5, 0.6) is 23.0 Å². The van der Waals surface area contributed by atoms with E-state index >= 15 is 0 Å². The maximum absolute atomic E-state index is 12.9. The van der Waals surface area contributed by atoms with Crippen LogP contribution >= 0.6 is 0 Å². The second-order valence-electron chi connectivity index (χ2n) is 6.34. The lowest BCUT2D eigenvalue weighted by Crippen LogP contribution is -2.28. The number of nitrogens with zero attached hydrogens (tertiary/aromatic N) is 1. The molecule has 158 valence electrons. The molecule has 2 aromatic rings. The number of ether oxygens (including phenoxy) is 4. The Morgan fingerprint density at radius 1 is 0.862 bits per heavy atom. The maximum Gasteiger partial charge on any atom is 0.253 e. The number of hydrogen-bond donors (Lipinski definition) is 0. The average Bonchev–Trinajstić information content (AvgIpc) is 2.73. The van der Waals surface area contributed by atoms with Gasteiger partial charge in [0.15, 0.2) is 11.5 Å². The van der Waals surface area contributed by atoms with E-state index in [1.165, 1.54) is 0 Å². The van der Waals surface area contributed by atoms with Gasteiger partial charge < -0.3 is 23.8 Å². The summed E-state index contributed by atoms with van der Waals surface area (Å²) in [4.78, 5) is 14.6. The molecule has 1 amide bonds. The number of hydrogen-bond acceptors (Lipinski definition) is 5. The first kappa shape index (κ1) is 22.4. The Bertz CT molecular complexity index is 736. The lowest BCUT2D eigenvalue weighted by atomic mass is 10.1. The summed E-state index contributed by atoms with van der Waals surface area (Å²) in [6.07, 6.45) is 0.727. The molecular weight excluding hydrogens is 370 g/mol. The highest BCUT2D eigenvalue weighted by Crippen LogP contribution is 2.39. The fourth-order valence-corrected chi connectivity index (χ4v) is 2.84. The Labute approximate surface area is 173 Å². The van der Waals surface area contributed by atoms with Crippen molar-refractivity contribution in [2.45, 2.75) is 27.2 Å². The molecule has 0 aliphatic carbocycles. The zero-order valence-electron chi connectivity index (χ0n) is 17.8. The van der Waals surface area contributed by atoms with Crippen molar-refractivity contribution < 1.29 is 23.7 Å². The summed E-state index contributed by atoms with van der Waals surface area (Å²) in [5, 5.41) is 0. The van der Waals surface area contributed by atoms with Crippen LogP contribution in [0.2, 0.25) is 0 Å². The van der Waals surface area contributed by atoms with Gasteiger partial charge in [0, 0.05) is 19.2 Å². The Morgan fingerprint density at radius 2 is 1.45 bits per heavy atom. The van der Waals surface area contributed by atoms with Gasteiger partial charge in [0.2, 0.25) is 5.75 Å². The molecule has 0 atom stereocenters. The summed E-state index contributed by atoms with van der Waals surface area (Å²) < 4.78 is 22.8. The van der Waals surface area contributed by atoms with Crippen molar-refractivity contribution in [3.63, 3.8) is 0 Å². The molecule has 6 heteroatoms. The molecule has 0 saturated carbocycles. The van der Waals surface area contributed by atoms with E-state index in [9.17, 15) is 4.79 Å². The summed E-state index contributed by atoms with van der Waals surface area (Å²) in [7, 11) is 1.78. The highest BCUT2D eigenvalue weighted by Gasteiger charge is 2.20. The zero-order valence-corrected chi connectivity index (χ0v) is 17.8. The van der Waals surface area contributed by atoms with E-state index in [0.29, 0.717) is 55.8 Å². The SMILES string of the molecule is CCOc1cc(C(=O)N(C)CCCOc2ccccc2)cc(OCC)c1OCC. The van der Waals surface area contributed by atoms with E-state index in [0.717, 1.165) is 12.2 Å². The van der Waals surface area contributed by atoms with Crippen LogP contribution in [0.15, 0.2) is 42.5 Å². The second-order valence-corrected chi connectivity index (χ2v) is 6.34. The number of rotatable bonds is 12. The van der Waals surface area contributed by atoms with E-state index in [4.69, 9.17) is 18.9 Å². The molecule has 0 saturated heterocycles. The maximum atomic E-state index is 12.9. The van der Waals surface area contributed by atoms with Crippen molar-refractivity contribution in [1.29, 1.82) is 0 Å². The largest absolute Gasteiger partial charge is 0.494 e. The average molecular weight is 402 g/mol. The predicted octanol–water partition coefficient (Wildman–Crippen LogP) is 4.42. The summed E-state index contributed by atoms with van der Waals surface area (Å²) in [6, 6.07) is 13.1. The summed E-state index contributed by atoms with van der Waals surface area (Å²) in [5.74, 6) is 2.30. The number of amides is 1. The van der Waals surface area contributed by atoms with Gasteiger partial charge in [0.1, 0.15) is 5.75 Å². The van der Waals surface area contributed by atoms with Crippen molar-refractivity contribution in [2.75, 3.05) is 40.0 Å². The Hall–Kier alpha value is -2.89. The van der Waals surface area contributed by atoms with Crippen LogP contribution in [0, 0.1) is 0 Å². The van der Waals surface area contributed by atoms with Crippen LogP contribution in [0.4, 0.5) is 0 Å². The fourth-order valence-electron chi connectivity index (χ4n) is 2.84. The van der Waals surface area contributed by atoms with Crippen LogP contribution in [0.1, 0.15) is 37.6 Å². The van der Waals surface area contributed by atoms with Gasteiger partial charge in [-0.25, -0.2) is 0 Å². The molecule has 0 N–H and O–H groups in total. The molecule has 0 unspecified atom stereocenters. The monoisotopic (exact) mass is 401 g/mol. The Kier molecular flexibility index (Phi) is 9.15. The standard InChI is InChI=1S/C23H31NO5/c1-5-26-20-16-18(17-21(27-6-2)22(20)28-7-3)23(25)24(4)14-11-15-29-19-12-9-8-10-13-19/h8-10,12-13,16-17H,5-7,11,14-15H2,1-4H3. The fraction of sp³-hybridized carbons (Fsp3) is 0.435. The Morgan fingerprint density at radius 3 is 2.00 bits per heavy atom. The first-order chi connectivity index (χ1) is 14.1. The molecule has 0 heterocycles. The van der Waals surface area contributed by atoms with Gasteiger partial charge in [-0.05, 0) is 51.5 Å². The number of carbonyl (C=O) groups excluding carboxylic acids is 1. The van der Waals surface area contributed by atoms with E-state index in [-0.39, 0.29) is 5.91 Å². The normalized spacial score (nSPS) is 10.3. The second kappa shape index (κ2) is 11.8. The highest BCUT2D eigenvalue weighted by molar-refractivity contribution is 5.95. The van der Waals surface area contributed by atoms with E-state index in [1.807, 2.05) is 51.1 Å². The third kappa shape index (κ3) is 6.59. The van der Waals surface area contributed by atoms with E-state index in [1.54, 1.807) is 24.1 Å². The predicted molar refractivity (Wildman–Crippen MR) is 113 cm³/mol. The molecular formula is C23H31NO5. The van der Waals surface area contributed by atoms with Crippen LogP contribution in [0.3, 0.4) is 0 Å². The number of benzene rings is 2. The summed E-state index contributed by atoms with van der Waals surface area (Å²) >= 11 is 0. The summed E-state index contributed by atoms with van der Waals surface area (Å²) in [5.41, 5.74) is 0.506. The molecule has 0 spiro atoms. The van der Waals surface area contributed by atoms with E-state index < -0.39 is 0 Å². The highest BCUT2D eigenvalue weighted by atomic mass is 16.5. The van der Waals surface area contributed by atoms with Crippen LogP contribution in [-0.2, 0) is 0 Å². The summed E-state index contributed by atoms with van der Waals surface area (Å²) in [6.45, 7) is 8.22. The zero-order chi connectivity index (χ0) is 21.1. The molecule has 29 heavy (non-hydrogen) atoms. The minimum Gasteiger partial charge on any atom is -0.494 e. The number of para-hydroxylation sites is 1. The molecule has 0 aliphatic heterocycles. The van der Waals surface area contributed by atoms with Crippen molar-refractivity contribution in [1.82, 2.24) is 4.90 Å². The molecule has 0 bridgehead atoms. The van der Waals surface area contributed by atoms with Gasteiger partial charge in [-0.2, -0.15) is 0 Å². The van der Waals surface area contributed by atoms with Gasteiger partial charge in [-0.15, -0.1) is 0 Å². The van der Waals surface area contributed by atoms with Gasteiger partial charge in [0.05, 0.1) is 26.4 Å². The first-order valence-electron chi connectivity index (χ1n) is 10.1. The smallest absolute Gasteiger partial charge is 0.253 e. The van der Waals surface area contributed by atoms with Crippen LogP contribution < -0.4 is 18.9 Å². The topological polar surface area (TPSA) is 57.2 Å². The molecule has 6 nitrogen and oxygen atoms in total. The molecule has 2 aromatic carbocycles. The lowest BCUT2D eigenvalue weighted by Gasteiger charge is -2.20. The van der Waals surface area contributed by atoms with E-state index in [2.05, 4.69) is 0 Å². The lowest BCUT2D eigenvalue weighted by molar-refractivity contribution is 0.0786. The Balaban J connectivity index is 2.05. The quantitative estimate of drug-likeness (QED) is 0.493. The van der Waals surface area contributed by atoms with Crippen molar-refractivity contribution in [3.8, 4) is 23.0 Å². The first-order valence-corrected chi connectivity index (χ1v) is 10.1. The molecule has 0 fully saturated rings. The minimum absolute atomic E-state index is 0.102. The van der Waals surface area contributed by atoms with Gasteiger partial charge in [-0.1, -0.05) is 18.2 Å². The third-order valence-corrected chi connectivity index (χ3v) is 4.15. The third-order valence-electron chi connectivity index (χ3n) is 4.15. The molecule has 0 aliphatic rings. The van der Waals surface area contributed by atoms with Gasteiger partial charge in [0.25, 0.3) is 5.91 Å². The van der Waals surface area contributed by atoms with Crippen LogP contribution in [-0.4, -0.2) is 50.8 Å². The van der Waals surface area contributed by atoms with Crippen molar-refractivity contribution in [2.24, 2.45) is 0 Å². The minimum atomic E-state index is -0.102.